The van der Waals surface area contributed by atoms with Crippen LogP contribution in [0.4, 0.5) is 8.78 Å². The summed E-state index contributed by atoms with van der Waals surface area (Å²) in [7, 11) is 0. The predicted molar refractivity (Wildman–Crippen MR) is 135 cm³/mol. The van der Waals surface area contributed by atoms with Crippen LogP contribution in [0.15, 0.2) is 42.5 Å². The van der Waals surface area contributed by atoms with Crippen LogP contribution in [-0.2, 0) is 0 Å². The van der Waals surface area contributed by atoms with Gasteiger partial charge in [0.1, 0.15) is 0 Å². The normalized spacial score (nSPS) is 27.8. The van der Waals surface area contributed by atoms with E-state index in [9.17, 15) is 8.78 Å². The number of hydrogen-bond acceptors (Lipinski definition) is 0. The molecule has 0 N–H and O–H groups in total. The van der Waals surface area contributed by atoms with E-state index >= 15 is 0 Å². The topological polar surface area (TPSA) is 0 Å². The Morgan fingerprint density at radius 2 is 1.24 bits per heavy atom. The molecule has 2 aliphatic rings. The van der Waals surface area contributed by atoms with E-state index in [2.05, 4.69) is 45.0 Å². The first-order chi connectivity index (χ1) is 16.0. The second kappa shape index (κ2) is 11.2. The fraction of sp³-hybridized carbons (Fsp3) is 0.613. The van der Waals surface area contributed by atoms with Crippen molar-refractivity contribution in [2.24, 2.45) is 29.6 Å². The maximum absolute atomic E-state index is 13.6. The van der Waals surface area contributed by atoms with Gasteiger partial charge in [0.05, 0.1) is 0 Å². The summed E-state index contributed by atoms with van der Waals surface area (Å²) in [5.41, 5.74) is 3.04. The van der Waals surface area contributed by atoms with Crippen LogP contribution in [0, 0.1) is 41.2 Å². The largest absolute Gasteiger partial charge is 0.204 e. The lowest BCUT2D eigenvalue weighted by atomic mass is 9.65. The highest BCUT2D eigenvalue weighted by molar-refractivity contribution is 5.63. The van der Waals surface area contributed by atoms with E-state index in [1.165, 1.54) is 81.9 Å². The van der Waals surface area contributed by atoms with Crippen molar-refractivity contribution in [3.05, 3.63) is 59.7 Å². The molecule has 2 aromatic carbocycles. The molecule has 0 amide bonds. The average Bonchev–Trinajstić information content (AvgIpc) is 2.86. The standard InChI is InChI=1S/C31H42F2/c1-4-5-23-6-8-24(9-7-23)21(2)25-10-12-26(13-11-25)22(3)27-14-16-28(17-15-27)29-18-19-30(32)31(33)20-29/h14-26H,4-13H2,1-3H3. The molecule has 2 fully saturated rings. The van der Waals surface area contributed by atoms with Gasteiger partial charge in [-0.2, -0.15) is 0 Å². The Bertz CT molecular complexity index is 870. The minimum Gasteiger partial charge on any atom is -0.204 e. The summed E-state index contributed by atoms with van der Waals surface area (Å²) in [4.78, 5) is 0. The third kappa shape index (κ3) is 5.87. The second-order valence-corrected chi connectivity index (χ2v) is 11.1. The molecule has 2 unspecified atom stereocenters. The van der Waals surface area contributed by atoms with Crippen molar-refractivity contribution in [3.63, 3.8) is 0 Å². The van der Waals surface area contributed by atoms with Crippen molar-refractivity contribution in [2.45, 2.75) is 90.9 Å². The molecule has 2 saturated carbocycles. The Hall–Kier alpha value is -1.70. The molecule has 2 atom stereocenters. The summed E-state index contributed by atoms with van der Waals surface area (Å²) in [6.45, 7) is 7.25. The van der Waals surface area contributed by atoms with E-state index in [0.29, 0.717) is 5.92 Å². The summed E-state index contributed by atoms with van der Waals surface area (Å²) in [6, 6.07) is 12.6. The second-order valence-electron chi connectivity index (χ2n) is 11.1. The summed E-state index contributed by atoms with van der Waals surface area (Å²) in [5, 5.41) is 0. The molecule has 4 rings (SSSR count). The molecule has 2 aromatic rings. The van der Waals surface area contributed by atoms with Crippen LogP contribution in [0.3, 0.4) is 0 Å². The van der Waals surface area contributed by atoms with E-state index in [0.717, 1.165) is 40.7 Å². The maximum Gasteiger partial charge on any atom is 0.159 e. The first-order valence-electron chi connectivity index (χ1n) is 13.5. The third-order valence-electron chi connectivity index (χ3n) is 9.29. The molecular weight excluding hydrogens is 410 g/mol. The molecular formula is C31H42F2. The van der Waals surface area contributed by atoms with Crippen molar-refractivity contribution in [2.75, 3.05) is 0 Å². The maximum atomic E-state index is 13.6. The van der Waals surface area contributed by atoms with Crippen LogP contribution >= 0.6 is 0 Å². The first-order valence-corrected chi connectivity index (χ1v) is 13.5. The van der Waals surface area contributed by atoms with Gasteiger partial charge < -0.3 is 0 Å². The van der Waals surface area contributed by atoms with Gasteiger partial charge in [-0.15, -0.1) is 0 Å². The highest BCUT2D eigenvalue weighted by Gasteiger charge is 2.33. The van der Waals surface area contributed by atoms with Crippen molar-refractivity contribution in [1.29, 1.82) is 0 Å². The van der Waals surface area contributed by atoms with Crippen molar-refractivity contribution < 1.29 is 8.78 Å². The molecule has 0 aliphatic heterocycles. The quantitative estimate of drug-likeness (QED) is 0.392. The van der Waals surface area contributed by atoms with Gasteiger partial charge in [-0.3, -0.25) is 0 Å². The zero-order valence-corrected chi connectivity index (χ0v) is 20.8. The molecule has 180 valence electrons. The first kappa shape index (κ1) is 24.4. The molecule has 2 heteroatoms. The summed E-state index contributed by atoms with van der Waals surface area (Å²) < 4.78 is 26.8. The summed E-state index contributed by atoms with van der Waals surface area (Å²) in [5.74, 6) is 3.48. The Balaban J connectivity index is 1.29. The van der Waals surface area contributed by atoms with Gasteiger partial charge in [0, 0.05) is 0 Å². The number of halogens is 2. The highest BCUT2D eigenvalue weighted by atomic mass is 19.2. The van der Waals surface area contributed by atoms with Gasteiger partial charge in [-0.25, -0.2) is 8.78 Å². The molecule has 0 aromatic heterocycles. The van der Waals surface area contributed by atoms with Crippen LogP contribution < -0.4 is 0 Å². The molecule has 0 heterocycles. The summed E-state index contributed by atoms with van der Waals surface area (Å²) >= 11 is 0. The van der Waals surface area contributed by atoms with E-state index in [1.807, 2.05) is 0 Å². The molecule has 2 aliphatic carbocycles. The Kier molecular flexibility index (Phi) is 8.25. The monoisotopic (exact) mass is 452 g/mol. The fourth-order valence-electron chi connectivity index (χ4n) is 6.89. The van der Waals surface area contributed by atoms with E-state index < -0.39 is 11.6 Å². The number of benzene rings is 2. The zero-order valence-electron chi connectivity index (χ0n) is 20.8. The number of hydrogen-bond donors (Lipinski definition) is 0. The minimum absolute atomic E-state index is 0.546. The molecule has 0 spiro atoms. The number of rotatable bonds is 7. The molecule has 0 saturated heterocycles. The van der Waals surface area contributed by atoms with Gasteiger partial charge in [0.25, 0.3) is 0 Å². The van der Waals surface area contributed by atoms with Gasteiger partial charge >= 0.3 is 0 Å². The Labute approximate surface area is 200 Å². The van der Waals surface area contributed by atoms with Gasteiger partial charge in [0.15, 0.2) is 11.6 Å². The minimum atomic E-state index is -0.793. The van der Waals surface area contributed by atoms with Gasteiger partial charge in [-0.05, 0) is 103 Å². The van der Waals surface area contributed by atoms with Gasteiger partial charge in [-0.1, -0.05) is 76.8 Å². The van der Waals surface area contributed by atoms with E-state index in [-0.39, 0.29) is 0 Å². The van der Waals surface area contributed by atoms with E-state index in [1.54, 1.807) is 6.07 Å². The van der Waals surface area contributed by atoms with Crippen LogP contribution in [-0.4, -0.2) is 0 Å². The molecule has 0 nitrogen and oxygen atoms in total. The lowest BCUT2D eigenvalue weighted by Crippen LogP contribution is -2.29. The fourth-order valence-corrected chi connectivity index (χ4v) is 6.89. The van der Waals surface area contributed by atoms with Gasteiger partial charge in [0.2, 0.25) is 0 Å². The lowest BCUT2D eigenvalue weighted by Gasteiger charge is -2.40. The molecule has 0 bridgehead atoms. The SMILES string of the molecule is CCCC1CCC(C(C)C2CCC(C(C)c3ccc(-c4ccc(F)c(F)c4)cc3)CC2)CC1. The van der Waals surface area contributed by atoms with Crippen molar-refractivity contribution in [3.8, 4) is 11.1 Å². The summed E-state index contributed by atoms with van der Waals surface area (Å²) in [6.07, 6.45) is 14.1. The third-order valence-corrected chi connectivity index (χ3v) is 9.29. The molecule has 0 radical (unpaired) electrons. The van der Waals surface area contributed by atoms with Crippen molar-refractivity contribution >= 4 is 0 Å². The van der Waals surface area contributed by atoms with Crippen molar-refractivity contribution in [1.82, 2.24) is 0 Å². The predicted octanol–water partition coefficient (Wildman–Crippen LogP) is 9.78. The highest BCUT2D eigenvalue weighted by Crippen LogP contribution is 2.45. The van der Waals surface area contributed by atoms with Crippen LogP contribution in [0.2, 0.25) is 0 Å². The Morgan fingerprint density at radius 1 is 0.697 bits per heavy atom. The smallest absolute Gasteiger partial charge is 0.159 e. The van der Waals surface area contributed by atoms with Crippen LogP contribution in [0.5, 0.6) is 0 Å². The van der Waals surface area contributed by atoms with E-state index in [4.69, 9.17) is 0 Å². The zero-order chi connectivity index (χ0) is 23.4. The lowest BCUT2D eigenvalue weighted by molar-refractivity contribution is 0.118. The Morgan fingerprint density at radius 3 is 1.82 bits per heavy atom. The average molecular weight is 453 g/mol. The van der Waals surface area contributed by atoms with Crippen LogP contribution in [0.25, 0.3) is 11.1 Å². The molecule has 33 heavy (non-hydrogen) atoms. The van der Waals surface area contributed by atoms with Crippen LogP contribution in [0.1, 0.15) is 96.5 Å².